The quantitative estimate of drug-likeness (QED) is 0.255. The molecule has 0 bridgehead atoms. The predicted octanol–water partition coefficient (Wildman–Crippen LogP) is 6.72. The standard InChI is InChI=1S/C17H23N3O2.C14H21NO/c1-5-18-11-10-13(2)12-20(4)17(22)19-14(3)15-6-8-16(21)9-7-15;1-2-3-12-16-14-8-6-13(7-9-14)15-10-4-5-11-15/h5-11,14,21H,1,12H2,2-4H3,(H,19,22);6-9H,2-5,10-12H2,1H3/b13-10+,18-11?;. The van der Waals surface area contributed by atoms with Gasteiger partial charge in [-0.15, -0.1) is 0 Å². The van der Waals surface area contributed by atoms with Gasteiger partial charge < -0.3 is 25.0 Å². The highest BCUT2D eigenvalue weighted by Gasteiger charge is 2.14. The molecule has 1 heterocycles. The fourth-order valence-electron chi connectivity index (χ4n) is 3.93. The molecule has 2 aromatic rings. The van der Waals surface area contributed by atoms with Gasteiger partial charge in [0.15, 0.2) is 0 Å². The summed E-state index contributed by atoms with van der Waals surface area (Å²) >= 11 is 0. The largest absolute Gasteiger partial charge is 0.508 e. The van der Waals surface area contributed by atoms with Crippen molar-refractivity contribution < 1.29 is 14.6 Å². The normalized spacial score (nSPS) is 14.0. The van der Waals surface area contributed by atoms with E-state index in [4.69, 9.17) is 4.74 Å². The molecular formula is C31H44N4O3. The van der Waals surface area contributed by atoms with Crippen LogP contribution in [0.15, 0.2) is 78.0 Å². The number of phenolic OH excluding ortho intramolecular Hbond substituents is 1. The average molecular weight is 521 g/mol. The lowest BCUT2D eigenvalue weighted by Gasteiger charge is -2.22. The van der Waals surface area contributed by atoms with E-state index in [9.17, 15) is 9.90 Å². The van der Waals surface area contributed by atoms with Crippen LogP contribution in [0.2, 0.25) is 0 Å². The Kier molecular flexibility index (Phi) is 13.6. The number of nitrogens with zero attached hydrogens (tertiary/aromatic N) is 3. The van der Waals surface area contributed by atoms with Crippen LogP contribution in [0.1, 0.15) is 58.1 Å². The van der Waals surface area contributed by atoms with Gasteiger partial charge in [0.1, 0.15) is 11.5 Å². The Bertz CT molecular complexity index is 1030. The van der Waals surface area contributed by atoms with Crippen molar-refractivity contribution in [1.82, 2.24) is 10.2 Å². The van der Waals surface area contributed by atoms with Crippen LogP contribution >= 0.6 is 0 Å². The molecule has 2 aromatic carbocycles. The van der Waals surface area contributed by atoms with Crippen LogP contribution in [-0.4, -0.2) is 55.5 Å². The van der Waals surface area contributed by atoms with Crippen molar-refractivity contribution in [3.8, 4) is 11.5 Å². The van der Waals surface area contributed by atoms with E-state index < -0.39 is 0 Å². The number of unbranched alkanes of at least 4 members (excludes halogenated alkanes) is 1. The van der Waals surface area contributed by atoms with Gasteiger partial charge in [0, 0.05) is 44.8 Å². The summed E-state index contributed by atoms with van der Waals surface area (Å²) in [5.41, 5.74) is 3.28. The van der Waals surface area contributed by atoms with Gasteiger partial charge in [-0.25, -0.2) is 4.79 Å². The van der Waals surface area contributed by atoms with Crippen LogP contribution in [0.4, 0.5) is 10.5 Å². The lowest BCUT2D eigenvalue weighted by atomic mass is 10.1. The van der Waals surface area contributed by atoms with Gasteiger partial charge in [0.2, 0.25) is 0 Å². The first kappa shape index (κ1) is 30.5. The van der Waals surface area contributed by atoms with Gasteiger partial charge in [-0.3, -0.25) is 4.99 Å². The zero-order chi connectivity index (χ0) is 27.8. The summed E-state index contributed by atoms with van der Waals surface area (Å²) in [6.45, 7) is 13.3. The van der Waals surface area contributed by atoms with E-state index >= 15 is 0 Å². The van der Waals surface area contributed by atoms with E-state index in [0.29, 0.717) is 6.54 Å². The van der Waals surface area contributed by atoms with Crippen LogP contribution in [0.3, 0.4) is 0 Å². The highest BCUT2D eigenvalue weighted by molar-refractivity contribution is 5.76. The fraction of sp³-hybridized carbons (Fsp3) is 0.419. The van der Waals surface area contributed by atoms with Gasteiger partial charge in [0.25, 0.3) is 0 Å². The molecule has 1 unspecified atom stereocenters. The van der Waals surface area contributed by atoms with Gasteiger partial charge in [-0.1, -0.05) is 37.6 Å². The van der Waals surface area contributed by atoms with Gasteiger partial charge in [-0.2, -0.15) is 0 Å². The minimum Gasteiger partial charge on any atom is -0.508 e. The number of allylic oxidation sites excluding steroid dienone is 1. The number of urea groups is 1. The molecule has 1 saturated heterocycles. The number of amides is 2. The summed E-state index contributed by atoms with van der Waals surface area (Å²) in [7, 11) is 1.74. The number of likely N-dealkylation sites (N-methyl/N-ethyl adjacent to an activating group) is 1. The molecule has 1 atom stereocenters. The number of aromatic hydroxyl groups is 1. The van der Waals surface area contributed by atoms with E-state index in [0.717, 1.165) is 29.9 Å². The third kappa shape index (κ3) is 11.1. The molecule has 2 N–H and O–H groups in total. The highest BCUT2D eigenvalue weighted by atomic mass is 16.5. The Hall–Kier alpha value is -3.74. The SMILES string of the molecule is C=CN=C/C=C(\C)CN(C)C(=O)NC(C)c1ccc(O)cc1.CCCCOc1ccc(N2CCCC2)cc1. The number of anilines is 1. The highest BCUT2D eigenvalue weighted by Crippen LogP contribution is 2.23. The Balaban J connectivity index is 0.000000279. The molecule has 38 heavy (non-hydrogen) atoms. The van der Waals surface area contributed by atoms with Crippen molar-refractivity contribution in [3.05, 3.63) is 78.5 Å². The number of aliphatic imine (C=N–C) groups is 1. The number of hydrogen-bond acceptors (Lipinski definition) is 5. The first-order valence-corrected chi connectivity index (χ1v) is 13.4. The number of carbonyl (C=O) groups is 1. The van der Waals surface area contributed by atoms with Crippen LogP contribution in [0.25, 0.3) is 0 Å². The van der Waals surface area contributed by atoms with Crippen LogP contribution < -0.4 is 15.0 Å². The molecule has 1 fully saturated rings. The number of hydrogen-bond donors (Lipinski definition) is 2. The zero-order valence-corrected chi connectivity index (χ0v) is 23.4. The molecule has 206 valence electrons. The fourth-order valence-corrected chi connectivity index (χ4v) is 3.93. The number of phenols is 1. The Labute approximate surface area is 228 Å². The Morgan fingerprint density at radius 2 is 1.84 bits per heavy atom. The second kappa shape index (κ2) is 16.9. The van der Waals surface area contributed by atoms with Crippen molar-refractivity contribution in [1.29, 1.82) is 0 Å². The molecule has 0 saturated carbocycles. The van der Waals surface area contributed by atoms with E-state index in [1.165, 1.54) is 44.2 Å². The number of rotatable bonds is 11. The summed E-state index contributed by atoms with van der Waals surface area (Å²) < 4.78 is 5.65. The molecule has 0 radical (unpaired) electrons. The minimum atomic E-state index is -0.158. The summed E-state index contributed by atoms with van der Waals surface area (Å²) in [6.07, 6.45) is 9.92. The van der Waals surface area contributed by atoms with Crippen molar-refractivity contribution in [2.24, 2.45) is 4.99 Å². The maximum Gasteiger partial charge on any atom is 0.317 e. The molecule has 2 amide bonds. The smallest absolute Gasteiger partial charge is 0.317 e. The van der Waals surface area contributed by atoms with Crippen molar-refractivity contribution >= 4 is 17.9 Å². The van der Waals surface area contributed by atoms with Crippen molar-refractivity contribution in [3.63, 3.8) is 0 Å². The number of carbonyl (C=O) groups excluding carboxylic acids is 1. The average Bonchev–Trinajstić information content (AvgIpc) is 3.45. The maximum atomic E-state index is 12.1. The van der Waals surface area contributed by atoms with Crippen molar-refractivity contribution in [2.75, 3.05) is 38.2 Å². The summed E-state index contributed by atoms with van der Waals surface area (Å²) in [6, 6.07) is 15.0. The molecule has 7 nitrogen and oxygen atoms in total. The van der Waals surface area contributed by atoms with Crippen LogP contribution in [-0.2, 0) is 0 Å². The molecular weight excluding hydrogens is 476 g/mol. The maximum absolute atomic E-state index is 12.1. The third-order valence-corrected chi connectivity index (χ3v) is 6.19. The van der Waals surface area contributed by atoms with E-state index in [1.54, 1.807) is 42.4 Å². The van der Waals surface area contributed by atoms with Gasteiger partial charge >= 0.3 is 6.03 Å². The second-order valence-electron chi connectivity index (χ2n) is 9.50. The van der Waals surface area contributed by atoms with E-state index in [2.05, 4.69) is 53.0 Å². The number of benzene rings is 2. The molecule has 0 aliphatic carbocycles. The Morgan fingerprint density at radius 1 is 1.18 bits per heavy atom. The second-order valence-corrected chi connectivity index (χ2v) is 9.50. The van der Waals surface area contributed by atoms with Crippen LogP contribution in [0.5, 0.6) is 11.5 Å². The number of nitrogens with one attached hydrogen (secondary N) is 1. The molecule has 1 aliphatic rings. The minimum absolute atomic E-state index is 0.137. The molecule has 0 spiro atoms. The lowest BCUT2D eigenvalue weighted by molar-refractivity contribution is 0.209. The van der Waals surface area contributed by atoms with Crippen molar-refractivity contribution in [2.45, 2.75) is 52.5 Å². The third-order valence-electron chi connectivity index (χ3n) is 6.19. The summed E-state index contributed by atoms with van der Waals surface area (Å²) in [4.78, 5) is 20.1. The Morgan fingerprint density at radius 3 is 2.45 bits per heavy atom. The zero-order valence-electron chi connectivity index (χ0n) is 23.4. The first-order valence-electron chi connectivity index (χ1n) is 13.4. The molecule has 1 aliphatic heterocycles. The van der Waals surface area contributed by atoms with E-state index in [-0.39, 0.29) is 17.8 Å². The monoisotopic (exact) mass is 520 g/mol. The van der Waals surface area contributed by atoms with E-state index in [1.807, 2.05) is 19.9 Å². The summed E-state index contributed by atoms with van der Waals surface area (Å²) in [5, 5.41) is 12.2. The topological polar surface area (TPSA) is 77.4 Å². The van der Waals surface area contributed by atoms with Gasteiger partial charge in [0.05, 0.1) is 12.6 Å². The molecule has 3 rings (SSSR count). The predicted molar refractivity (Wildman–Crippen MR) is 158 cm³/mol. The number of ether oxygens (including phenoxy) is 1. The molecule has 7 heteroatoms. The first-order chi connectivity index (χ1) is 18.3. The van der Waals surface area contributed by atoms with Crippen LogP contribution in [0, 0.1) is 0 Å². The molecule has 0 aromatic heterocycles. The lowest BCUT2D eigenvalue weighted by Crippen LogP contribution is -2.39. The summed E-state index contributed by atoms with van der Waals surface area (Å²) in [5.74, 6) is 1.21. The van der Waals surface area contributed by atoms with Gasteiger partial charge in [-0.05, 0) is 81.1 Å².